The zero-order valence-corrected chi connectivity index (χ0v) is 13.7. The van der Waals surface area contributed by atoms with Crippen LogP contribution in [-0.2, 0) is 13.6 Å². The second-order valence-corrected chi connectivity index (χ2v) is 6.33. The summed E-state index contributed by atoms with van der Waals surface area (Å²) in [6.07, 6.45) is 1.72. The van der Waals surface area contributed by atoms with Crippen molar-refractivity contribution in [2.75, 3.05) is 20.3 Å². The molecule has 1 aromatic rings. The Morgan fingerprint density at radius 2 is 1.89 bits per heavy atom. The van der Waals surface area contributed by atoms with E-state index in [1.54, 1.807) is 27.0 Å². The lowest BCUT2D eigenvalue weighted by molar-refractivity contribution is 0.229. The fourth-order valence-corrected chi connectivity index (χ4v) is 3.33. The van der Waals surface area contributed by atoms with Gasteiger partial charge in [0.25, 0.3) is 0 Å². The normalized spacial score (nSPS) is 12.0. The van der Waals surface area contributed by atoms with Gasteiger partial charge in [-0.2, -0.15) is 0 Å². The zero-order chi connectivity index (χ0) is 14.3. The van der Waals surface area contributed by atoms with Crippen molar-refractivity contribution in [3.05, 3.63) is 34.1 Å². The Hall–Kier alpha value is -0.610. The molecule has 19 heavy (non-hydrogen) atoms. The molecule has 1 rings (SSSR count). The van der Waals surface area contributed by atoms with Crippen LogP contribution in [0.5, 0.6) is 5.75 Å². The van der Waals surface area contributed by atoms with Gasteiger partial charge in [0, 0.05) is 5.82 Å². The molecule has 106 valence electrons. The first kappa shape index (κ1) is 16.4. The van der Waals surface area contributed by atoms with Crippen LogP contribution in [0, 0.1) is 0 Å². The molecule has 0 spiro atoms. The Balaban J connectivity index is 2.90. The maximum Gasteiger partial charge on any atom is 0.354 e. The Kier molecular flexibility index (Phi) is 6.80. The molecular formula is C13H18BrO4P. The lowest BCUT2D eigenvalue weighted by Gasteiger charge is -2.12. The molecular weight excluding hydrogens is 331 g/mol. The van der Waals surface area contributed by atoms with Crippen LogP contribution in [0.2, 0.25) is 0 Å². The van der Waals surface area contributed by atoms with Gasteiger partial charge in [0.05, 0.1) is 24.8 Å². The zero-order valence-electron chi connectivity index (χ0n) is 11.3. The van der Waals surface area contributed by atoms with Crippen molar-refractivity contribution in [1.29, 1.82) is 0 Å². The molecule has 0 atom stereocenters. The summed E-state index contributed by atoms with van der Waals surface area (Å²) in [6.45, 7) is 4.24. The molecule has 0 radical (unpaired) electrons. The SMILES string of the molecule is CCOP(=O)(/C=C/c1ccc(OC)c(Br)c1)OCC. The van der Waals surface area contributed by atoms with Gasteiger partial charge in [-0.25, -0.2) is 0 Å². The number of hydrogen-bond acceptors (Lipinski definition) is 4. The molecule has 0 amide bonds. The summed E-state index contributed by atoms with van der Waals surface area (Å²) >= 11 is 3.40. The van der Waals surface area contributed by atoms with Gasteiger partial charge in [0.15, 0.2) is 0 Å². The van der Waals surface area contributed by atoms with E-state index in [0.29, 0.717) is 13.2 Å². The molecule has 0 aliphatic carbocycles. The fourth-order valence-electron chi connectivity index (χ4n) is 1.45. The van der Waals surface area contributed by atoms with Gasteiger partial charge < -0.3 is 13.8 Å². The second-order valence-electron chi connectivity index (χ2n) is 3.59. The summed E-state index contributed by atoms with van der Waals surface area (Å²) in [4.78, 5) is 0. The molecule has 6 heteroatoms. The molecule has 0 bridgehead atoms. The summed E-state index contributed by atoms with van der Waals surface area (Å²) in [5.74, 6) is 2.23. The van der Waals surface area contributed by atoms with E-state index in [1.165, 1.54) is 5.82 Å². The average molecular weight is 349 g/mol. The molecule has 0 fully saturated rings. The number of rotatable bonds is 7. The number of hydrogen-bond donors (Lipinski definition) is 0. The van der Waals surface area contributed by atoms with Crippen LogP contribution in [0.15, 0.2) is 28.5 Å². The predicted octanol–water partition coefficient (Wildman–Crippen LogP) is 4.69. The van der Waals surface area contributed by atoms with Crippen LogP contribution in [-0.4, -0.2) is 20.3 Å². The van der Waals surface area contributed by atoms with Crippen LogP contribution >= 0.6 is 23.5 Å². The molecule has 0 aliphatic heterocycles. The van der Waals surface area contributed by atoms with Crippen molar-refractivity contribution < 1.29 is 18.3 Å². The van der Waals surface area contributed by atoms with E-state index in [0.717, 1.165) is 15.8 Å². The van der Waals surface area contributed by atoms with E-state index >= 15 is 0 Å². The second kappa shape index (κ2) is 7.85. The molecule has 0 aromatic heterocycles. The van der Waals surface area contributed by atoms with E-state index < -0.39 is 7.60 Å². The van der Waals surface area contributed by atoms with Gasteiger partial charge in [0.1, 0.15) is 5.75 Å². The molecule has 0 heterocycles. The highest BCUT2D eigenvalue weighted by molar-refractivity contribution is 9.10. The standard InChI is InChI=1S/C13H18BrO4P/c1-4-17-19(15,18-5-2)9-8-11-6-7-13(16-3)12(14)10-11/h6-10H,4-5H2,1-3H3/b9-8+. The smallest absolute Gasteiger partial charge is 0.354 e. The Morgan fingerprint density at radius 1 is 1.26 bits per heavy atom. The van der Waals surface area contributed by atoms with Crippen molar-refractivity contribution in [1.82, 2.24) is 0 Å². The van der Waals surface area contributed by atoms with Gasteiger partial charge >= 0.3 is 7.60 Å². The van der Waals surface area contributed by atoms with E-state index in [2.05, 4.69) is 15.9 Å². The van der Waals surface area contributed by atoms with Crippen LogP contribution in [0.4, 0.5) is 0 Å². The van der Waals surface area contributed by atoms with Gasteiger partial charge in [-0.1, -0.05) is 6.07 Å². The van der Waals surface area contributed by atoms with Crippen LogP contribution in [0.3, 0.4) is 0 Å². The Bertz CT molecular complexity index is 478. The van der Waals surface area contributed by atoms with Gasteiger partial charge in [-0.05, 0) is 53.5 Å². The molecule has 0 saturated carbocycles. The summed E-state index contributed by atoms with van der Waals surface area (Å²) in [5.41, 5.74) is 0.882. The number of benzene rings is 1. The molecule has 0 saturated heterocycles. The fraction of sp³-hybridized carbons (Fsp3) is 0.385. The van der Waals surface area contributed by atoms with Crippen LogP contribution < -0.4 is 4.74 Å². The minimum atomic E-state index is -3.15. The van der Waals surface area contributed by atoms with Gasteiger partial charge in [0.2, 0.25) is 0 Å². The van der Waals surface area contributed by atoms with Crippen molar-refractivity contribution in [2.24, 2.45) is 0 Å². The minimum Gasteiger partial charge on any atom is -0.496 e. The summed E-state index contributed by atoms with van der Waals surface area (Å²) in [5, 5.41) is 0. The lowest BCUT2D eigenvalue weighted by Crippen LogP contribution is -1.92. The topological polar surface area (TPSA) is 44.8 Å². The first-order valence-electron chi connectivity index (χ1n) is 5.96. The quantitative estimate of drug-likeness (QED) is 0.670. The van der Waals surface area contributed by atoms with E-state index in [1.807, 2.05) is 18.2 Å². The monoisotopic (exact) mass is 348 g/mol. The minimum absolute atomic E-state index is 0.341. The molecule has 4 nitrogen and oxygen atoms in total. The molecule has 0 aliphatic rings. The Morgan fingerprint density at radius 3 is 2.37 bits per heavy atom. The van der Waals surface area contributed by atoms with Crippen LogP contribution in [0.25, 0.3) is 6.08 Å². The van der Waals surface area contributed by atoms with Crippen LogP contribution in [0.1, 0.15) is 19.4 Å². The highest BCUT2D eigenvalue weighted by Crippen LogP contribution is 2.50. The summed E-state index contributed by atoms with van der Waals surface area (Å²) in [6, 6.07) is 5.57. The Labute approximate surface area is 122 Å². The first-order chi connectivity index (χ1) is 9.04. The predicted molar refractivity (Wildman–Crippen MR) is 80.6 cm³/mol. The molecule has 1 aromatic carbocycles. The molecule has 0 N–H and O–H groups in total. The highest BCUT2D eigenvalue weighted by Gasteiger charge is 2.18. The maximum atomic E-state index is 12.2. The van der Waals surface area contributed by atoms with E-state index in [-0.39, 0.29) is 0 Å². The number of ether oxygens (including phenoxy) is 1. The third kappa shape index (κ3) is 5.11. The summed E-state index contributed by atoms with van der Waals surface area (Å²) < 4.78 is 28.6. The average Bonchev–Trinajstić information content (AvgIpc) is 2.37. The largest absolute Gasteiger partial charge is 0.496 e. The van der Waals surface area contributed by atoms with Gasteiger partial charge in [-0.15, -0.1) is 0 Å². The van der Waals surface area contributed by atoms with Gasteiger partial charge in [-0.3, -0.25) is 4.57 Å². The van der Waals surface area contributed by atoms with Crippen molar-refractivity contribution in [2.45, 2.75) is 13.8 Å². The molecule has 0 unspecified atom stereocenters. The number of halogens is 1. The lowest BCUT2D eigenvalue weighted by atomic mass is 10.2. The van der Waals surface area contributed by atoms with Crippen molar-refractivity contribution >= 4 is 29.6 Å². The third-order valence-corrected chi connectivity index (χ3v) is 4.61. The highest BCUT2D eigenvalue weighted by atomic mass is 79.9. The summed E-state index contributed by atoms with van der Waals surface area (Å²) in [7, 11) is -1.54. The first-order valence-corrected chi connectivity index (χ1v) is 8.36. The number of methoxy groups -OCH3 is 1. The van der Waals surface area contributed by atoms with E-state index in [4.69, 9.17) is 13.8 Å². The van der Waals surface area contributed by atoms with Crippen molar-refractivity contribution in [3.63, 3.8) is 0 Å². The van der Waals surface area contributed by atoms with Crippen molar-refractivity contribution in [3.8, 4) is 5.75 Å². The third-order valence-electron chi connectivity index (χ3n) is 2.24. The van der Waals surface area contributed by atoms with E-state index in [9.17, 15) is 4.57 Å². The maximum absolute atomic E-state index is 12.2.